The van der Waals surface area contributed by atoms with Crippen LogP contribution in [0.5, 0.6) is 0 Å². The first-order valence-electron chi connectivity index (χ1n) is 9.22. The minimum absolute atomic E-state index is 0.130. The first kappa shape index (κ1) is 17.6. The van der Waals surface area contributed by atoms with E-state index in [2.05, 4.69) is 14.9 Å². The van der Waals surface area contributed by atoms with E-state index in [4.69, 9.17) is 4.74 Å². The molecule has 3 heterocycles. The van der Waals surface area contributed by atoms with Crippen molar-refractivity contribution in [2.24, 2.45) is 5.92 Å². The molecule has 1 aromatic rings. The normalized spacial score (nSPS) is 21.1. The minimum Gasteiger partial charge on any atom is -0.466 e. The molecular weight excluding hydrogens is 320 g/mol. The quantitative estimate of drug-likeness (QED) is 0.775. The maximum atomic E-state index is 12.8. The molecular formula is C18H26N4O3. The molecule has 7 nitrogen and oxygen atoms in total. The molecule has 2 aliphatic rings. The van der Waals surface area contributed by atoms with Gasteiger partial charge in [-0.25, -0.2) is 9.97 Å². The average Bonchev–Trinajstić information content (AvgIpc) is 2.68. The second-order valence-electron chi connectivity index (χ2n) is 6.65. The summed E-state index contributed by atoms with van der Waals surface area (Å²) < 4.78 is 5.10. The predicted molar refractivity (Wildman–Crippen MR) is 93.4 cm³/mol. The molecule has 0 N–H and O–H groups in total. The summed E-state index contributed by atoms with van der Waals surface area (Å²) in [7, 11) is 0. The molecule has 0 bridgehead atoms. The summed E-state index contributed by atoms with van der Waals surface area (Å²) >= 11 is 0. The number of esters is 1. The fraction of sp³-hybridized carbons (Fsp3) is 0.667. The number of ether oxygens (including phenoxy) is 1. The number of hydrogen-bond acceptors (Lipinski definition) is 6. The first-order valence-corrected chi connectivity index (χ1v) is 9.22. The highest BCUT2D eigenvalue weighted by atomic mass is 16.5. The van der Waals surface area contributed by atoms with Crippen molar-refractivity contribution in [2.75, 3.05) is 37.7 Å². The van der Waals surface area contributed by atoms with Crippen LogP contribution in [0.15, 0.2) is 12.4 Å². The summed E-state index contributed by atoms with van der Waals surface area (Å²) in [6.45, 7) is 5.16. The monoisotopic (exact) mass is 346 g/mol. The second kappa shape index (κ2) is 8.27. The van der Waals surface area contributed by atoms with E-state index in [1.54, 1.807) is 17.9 Å². The largest absolute Gasteiger partial charge is 0.466 e. The number of aromatic nitrogens is 2. The Hall–Kier alpha value is -2.18. The van der Waals surface area contributed by atoms with Gasteiger partial charge in [0, 0.05) is 32.2 Å². The number of anilines is 1. The topological polar surface area (TPSA) is 75.6 Å². The van der Waals surface area contributed by atoms with E-state index in [1.807, 2.05) is 0 Å². The standard InChI is InChI=1S/C18H26N4O3/c1-2-25-18(24)14-7-6-10-22(12-14)17(23)15-11-16(20-13-19-15)21-8-4-3-5-9-21/h11,13-14H,2-10,12H2,1H3. The predicted octanol–water partition coefficient (Wildman–Crippen LogP) is 1.88. The van der Waals surface area contributed by atoms with Crippen molar-refractivity contribution in [1.29, 1.82) is 0 Å². The Balaban J connectivity index is 1.68. The molecule has 0 aliphatic carbocycles. The van der Waals surface area contributed by atoms with E-state index in [-0.39, 0.29) is 17.8 Å². The molecule has 0 radical (unpaired) electrons. The van der Waals surface area contributed by atoms with Gasteiger partial charge in [-0.05, 0) is 39.0 Å². The third-order valence-corrected chi connectivity index (χ3v) is 4.88. The fourth-order valence-corrected chi connectivity index (χ4v) is 3.54. The summed E-state index contributed by atoms with van der Waals surface area (Å²) in [5.74, 6) is 0.240. The number of rotatable bonds is 4. The lowest BCUT2D eigenvalue weighted by Gasteiger charge is -2.31. The van der Waals surface area contributed by atoms with Gasteiger partial charge in [0.2, 0.25) is 0 Å². The van der Waals surface area contributed by atoms with Gasteiger partial charge in [-0.3, -0.25) is 9.59 Å². The zero-order valence-corrected chi connectivity index (χ0v) is 14.8. The molecule has 1 aromatic heterocycles. The highest BCUT2D eigenvalue weighted by molar-refractivity contribution is 5.93. The maximum Gasteiger partial charge on any atom is 0.310 e. The summed E-state index contributed by atoms with van der Waals surface area (Å²) in [6, 6.07) is 1.78. The molecule has 2 saturated heterocycles. The van der Waals surface area contributed by atoms with Gasteiger partial charge in [-0.1, -0.05) is 0 Å². The van der Waals surface area contributed by atoms with E-state index in [9.17, 15) is 9.59 Å². The lowest BCUT2D eigenvalue weighted by Crippen LogP contribution is -2.43. The summed E-state index contributed by atoms with van der Waals surface area (Å²) in [4.78, 5) is 37.2. The Morgan fingerprint density at radius 1 is 1.16 bits per heavy atom. The number of amides is 1. The smallest absolute Gasteiger partial charge is 0.310 e. The third-order valence-electron chi connectivity index (χ3n) is 4.88. The van der Waals surface area contributed by atoms with Gasteiger partial charge >= 0.3 is 5.97 Å². The number of carbonyl (C=O) groups is 2. The van der Waals surface area contributed by atoms with Crippen molar-refractivity contribution >= 4 is 17.7 Å². The molecule has 0 spiro atoms. The van der Waals surface area contributed by atoms with Crippen molar-refractivity contribution in [3.63, 3.8) is 0 Å². The Kier molecular flexibility index (Phi) is 5.83. The molecule has 0 aromatic carbocycles. The molecule has 2 fully saturated rings. The number of nitrogens with zero attached hydrogens (tertiary/aromatic N) is 4. The molecule has 1 unspecified atom stereocenters. The molecule has 7 heteroatoms. The zero-order chi connectivity index (χ0) is 17.6. The average molecular weight is 346 g/mol. The van der Waals surface area contributed by atoms with Gasteiger partial charge in [0.15, 0.2) is 0 Å². The summed E-state index contributed by atoms with van der Waals surface area (Å²) in [6.07, 6.45) is 6.59. The van der Waals surface area contributed by atoms with Crippen LogP contribution in [0, 0.1) is 5.92 Å². The van der Waals surface area contributed by atoms with Gasteiger partial charge in [-0.15, -0.1) is 0 Å². The fourth-order valence-electron chi connectivity index (χ4n) is 3.54. The van der Waals surface area contributed by atoms with Crippen LogP contribution in [-0.4, -0.2) is 59.5 Å². The van der Waals surface area contributed by atoms with Crippen molar-refractivity contribution < 1.29 is 14.3 Å². The number of piperidine rings is 2. The zero-order valence-electron chi connectivity index (χ0n) is 14.8. The molecule has 25 heavy (non-hydrogen) atoms. The number of likely N-dealkylation sites (tertiary alicyclic amines) is 1. The molecule has 1 amide bonds. The molecule has 0 saturated carbocycles. The molecule has 1 atom stereocenters. The van der Waals surface area contributed by atoms with E-state index in [1.165, 1.54) is 12.7 Å². The van der Waals surface area contributed by atoms with Crippen LogP contribution in [-0.2, 0) is 9.53 Å². The van der Waals surface area contributed by atoms with Crippen molar-refractivity contribution in [3.8, 4) is 0 Å². The van der Waals surface area contributed by atoms with Crippen LogP contribution in [0.2, 0.25) is 0 Å². The van der Waals surface area contributed by atoms with Crippen LogP contribution in [0.4, 0.5) is 5.82 Å². The molecule has 3 rings (SSSR count). The van der Waals surface area contributed by atoms with Crippen LogP contribution in [0.3, 0.4) is 0 Å². The van der Waals surface area contributed by atoms with Gasteiger partial charge in [0.05, 0.1) is 12.5 Å². The second-order valence-corrected chi connectivity index (χ2v) is 6.65. The minimum atomic E-state index is -0.235. The van der Waals surface area contributed by atoms with Gasteiger partial charge in [0.25, 0.3) is 5.91 Å². The Labute approximate surface area is 148 Å². The first-order chi connectivity index (χ1) is 12.2. The number of carbonyl (C=O) groups excluding carboxylic acids is 2. The van der Waals surface area contributed by atoms with Crippen LogP contribution in [0.25, 0.3) is 0 Å². The molecule has 136 valence electrons. The van der Waals surface area contributed by atoms with E-state index >= 15 is 0 Å². The van der Waals surface area contributed by atoms with Crippen molar-refractivity contribution in [1.82, 2.24) is 14.9 Å². The summed E-state index contributed by atoms with van der Waals surface area (Å²) in [5.41, 5.74) is 0.403. The van der Waals surface area contributed by atoms with Gasteiger partial charge in [0.1, 0.15) is 17.8 Å². The number of hydrogen-bond donors (Lipinski definition) is 0. The van der Waals surface area contributed by atoms with Crippen LogP contribution < -0.4 is 4.90 Å². The lowest BCUT2D eigenvalue weighted by atomic mass is 9.98. The Morgan fingerprint density at radius 2 is 1.96 bits per heavy atom. The van der Waals surface area contributed by atoms with E-state index in [0.29, 0.717) is 25.4 Å². The van der Waals surface area contributed by atoms with E-state index < -0.39 is 0 Å². The van der Waals surface area contributed by atoms with Gasteiger partial charge < -0.3 is 14.5 Å². The Bertz CT molecular complexity index is 616. The molecule has 2 aliphatic heterocycles. The van der Waals surface area contributed by atoms with E-state index in [0.717, 1.165) is 44.6 Å². The van der Waals surface area contributed by atoms with Crippen molar-refractivity contribution in [3.05, 3.63) is 18.1 Å². The maximum absolute atomic E-state index is 12.8. The SMILES string of the molecule is CCOC(=O)C1CCCN(C(=O)c2cc(N3CCCCC3)ncn2)C1. The Morgan fingerprint density at radius 3 is 2.72 bits per heavy atom. The van der Waals surface area contributed by atoms with Crippen LogP contribution in [0.1, 0.15) is 49.5 Å². The third kappa shape index (κ3) is 4.27. The summed E-state index contributed by atoms with van der Waals surface area (Å²) in [5, 5.41) is 0. The van der Waals surface area contributed by atoms with Crippen LogP contribution >= 0.6 is 0 Å². The highest BCUT2D eigenvalue weighted by Crippen LogP contribution is 2.21. The lowest BCUT2D eigenvalue weighted by molar-refractivity contribution is -0.149. The highest BCUT2D eigenvalue weighted by Gasteiger charge is 2.30. The van der Waals surface area contributed by atoms with Gasteiger partial charge in [-0.2, -0.15) is 0 Å². The van der Waals surface area contributed by atoms with Crippen molar-refractivity contribution in [2.45, 2.75) is 39.0 Å².